The molecule has 15 heavy (non-hydrogen) atoms. The second-order valence-electron chi connectivity index (χ2n) is 3.93. The summed E-state index contributed by atoms with van der Waals surface area (Å²) >= 11 is 0. The summed E-state index contributed by atoms with van der Waals surface area (Å²) in [5.41, 5.74) is 1.21. The van der Waals surface area contributed by atoms with Gasteiger partial charge in [-0.3, -0.25) is 4.90 Å². The SMILES string of the molecule is C=C(CNC)CN1CCn2cnnc2C1. The number of hydrogen-bond acceptors (Lipinski definition) is 4. The average molecular weight is 207 g/mol. The van der Waals surface area contributed by atoms with Crippen LogP contribution in [0.4, 0.5) is 0 Å². The molecule has 1 aliphatic rings. The molecule has 0 radical (unpaired) electrons. The van der Waals surface area contributed by atoms with Crippen LogP contribution in [-0.4, -0.2) is 46.3 Å². The van der Waals surface area contributed by atoms with Crippen molar-refractivity contribution in [3.8, 4) is 0 Å². The van der Waals surface area contributed by atoms with E-state index in [0.29, 0.717) is 0 Å². The Kier molecular flexibility index (Phi) is 3.13. The van der Waals surface area contributed by atoms with Gasteiger partial charge in [0.05, 0.1) is 6.54 Å². The van der Waals surface area contributed by atoms with E-state index in [1.54, 1.807) is 6.33 Å². The maximum atomic E-state index is 4.09. The van der Waals surface area contributed by atoms with Gasteiger partial charge in [-0.1, -0.05) is 6.58 Å². The lowest BCUT2D eigenvalue weighted by Gasteiger charge is -2.27. The predicted molar refractivity (Wildman–Crippen MR) is 58.4 cm³/mol. The molecule has 0 saturated carbocycles. The van der Waals surface area contributed by atoms with Crippen LogP contribution in [0.1, 0.15) is 5.82 Å². The molecule has 2 rings (SSSR count). The maximum Gasteiger partial charge on any atom is 0.147 e. The van der Waals surface area contributed by atoms with Crippen LogP contribution in [0.3, 0.4) is 0 Å². The fraction of sp³-hybridized carbons (Fsp3) is 0.600. The molecule has 0 aromatic carbocycles. The van der Waals surface area contributed by atoms with Gasteiger partial charge < -0.3 is 9.88 Å². The van der Waals surface area contributed by atoms with Crippen molar-refractivity contribution >= 4 is 0 Å². The van der Waals surface area contributed by atoms with E-state index in [4.69, 9.17) is 0 Å². The number of aromatic nitrogens is 3. The van der Waals surface area contributed by atoms with Gasteiger partial charge in [0.2, 0.25) is 0 Å². The molecule has 2 heterocycles. The Labute approximate surface area is 89.8 Å². The van der Waals surface area contributed by atoms with E-state index in [9.17, 15) is 0 Å². The van der Waals surface area contributed by atoms with Crippen LogP contribution in [-0.2, 0) is 13.1 Å². The second-order valence-corrected chi connectivity index (χ2v) is 3.93. The highest BCUT2D eigenvalue weighted by Crippen LogP contribution is 2.09. The number of nitrogens with zero attached hydrogens (tertiary/aromatic N) is 4. The van der Waals surface area contributed by atoms with Crippen LogP contribution < -0.4 is 5.32 Å². The Balaban J connectivity index is 1.90. The molecular weight excluding hydrogens is 190 g/mol. The van der Waals surface area contributed by atoms with Gasteiger partial charge >= 0.3 is 0 Å². The highest BCUT2D eigenvalue weighted by Gasteiger charge is 2.17. The highest BCUT2D eigenvalue weighted by molar-refractivity contribution is 5.01. The van der Waals surface area contributed by atoms with Gasteiger partial charge in [-0.05, 0) is 12.6 Å². The van der Waals surface area contributed by atoms with Crippen molar-refractivity contribution in [2.45, 2.75) is 13.1 Å². The molecule has 82 valence electrons. The first-order chi connectivity index (χ1) is 7.29. The molecule has 1 aromatic heterocycles. The van der Waals surface area contributed by atoms with Crippen LogP contribution >= 0.6 is 0 Å². The summed E-state index contributed by atoms with van der Waals surface area (Å²) in [4.78, 5) is 2.35. The molecule has 0 saturated heterocycles. The summed E-state index contributed by atoms with van der Waals surface area (Å²) < 4.78 is 2.11. The lowest BCUT2D eigenvalue weighted by molar-refractivity contribution is 0.233. The minimum atomic E-state index is 0.878. The third-order valence-corrected chi connectivity index (χ3v) is 2.59. The monoisotopic (exact) mass is 207 g/mol. The summed E-state index contributed by atoms with van der Waals surface area (Å²) in [6.45, 7) is 8.76. The summed E-state index contributed by atoms with van der Waals surface area (Å²) in [6, 6.07) is 0. The van der Waals surface area contributed by atoms with E-state index in [-0.39, 0.29) is 0 Å². The standard InChI is InChI=1S/C10H17N5/c1-9(5-11-2)6-14-3-4-15-8-12-13-10(15)7-14/h8,11H,1,3-7H2,2H3. The van der Waals surface area contributed by atoms with Gasteiger partial charge in [-0.15, -0.1) is 10.2 Å². The third kappa shape index (κ3) is 2.43. The number of rotatable bonds is 4. The molecule has 0 unspecified atom stereocenters. The minimum Gasteiger partial charge on any atom is -0.316 e. The number of nitrogens with one attached hydrogen (secondary N) is 1. The van der Waals surface area contributed by atoms with E-state index >= 15 is 0 Å². The van der Waals surface area contributed by atoms with Crippen LogP contribution in [0.5, 0.6) is 0 Å². The van der Waals surface area contributed by atoms with Gasteiger partial charge in [-0.2, -0.15) is 0 Å². The zero-order valence-electron chi connectivity index (χ0n) is 9.11. The largest absolute Gasteiger partial charge is 0.316 e. The Morgan fingerprint density at radius 1 is 1.60 bits per heavy atom. The summed E-state index contributed by atoms with van der Waals surface area (Å²) in [5, 5.41) is 11.1. The van der Waals surface area contributed by atoms with E-state index in [2.05, 4.69) is 31.6 Å². The van der Waals surface area contributed by atoms with Gasteiger partial charge in [0.1, 0.15) is 12.2 Å². The van der Waals surface area contributed by atoms with Crippen molar-refractivity contribution in [2.24, 2.45) is 0 Å². The first kappa shape index (κ1) is 10.3. The number of hydrogen-bond donors (Lipinski definition) is 1. The molecule has 0 spiro atoms. The average Bonchev–Trinajstić information content (AvgIpc) is 2.65. The van der Waals surface area contributed by atoms with E-state index in [0.717, 1.165) is 38.5 Å². The summed E-state index contributed by atoms with van der Waals surface area (Å²) in [6.07, 6.45) is 1.80. The Morgan fingerprint density at radius 3 is 3.27 bits per heavy atom. The Morgan fingerprint density at radius 2 is 2.47 bits per heavy atom. The highest BCUT2D eigenvalue weighted by atomic mass is 15.3. The van der Waals surface area contributed by atoms with E-state index in [1.165, 1.54) is 5.57 Å². The Bertz CT molecular complexity index is 343. The lowest BCUT2D eigenvalue weighted by atomic mass is 10.2. The molecule has 0 amide bonds. The van der Waals surface area contributed by atoms with Crippen LogP contribution in [0.15, 0.2) is 18.5 Å². The van der Waals surface area contributed by atoms with Crippen molar-refractivity contribution in [1.29, 1.82) is 0 Å². The van der Waals surface area contributed by atoms with Crippen LogP contribution in [0.2, 0.25) is 0 Å². The van der Waals surface area contributed by atoms with Gasteiger partial charge in [0, 0.05) is 26.2 Å². The molecular formula is C10H17N5. The van der Waals surface area contributed by atoms with Gasteiger partial charge in [-0.25, -0.2) is 0 Å². The van der Waals surface area contributed by atoms with Crippen molar-refractivity contribution < 1.29 is 0 Å². The molecule has 5 nitrogen and oxygen atoms in total. The lowest BCUT2D eigenvalue weighted by Crippen LogP contribution is -2.36. The molecule has 0 bridgehead atoms. The molecule has 1 N–H and O–H groups in total. The Hall–Kier alpha value is -1.20. The van der Waals surface area contributed by atoms with Gasteiger partial charge in [0.25, 0.3) is 0 Å². The first-order valence-corrected chi connectivity index (χ1v) is 5.20. The quantitative estimate of drug-likeness (QED) is 0.699. The van der Waals surface area contributed by atoms with E-state index in [1.807, 2.05) is 7.05 Å². The van der Waals surface area contributed by atoms with Crippen molar-refractivity contribution in [2.75, 3.05) is 26.7 Å². The molecule has 0 aliphatic carbocycles. The van der Waals surface area contributed by atoms with Crippen molar-refractivity contribution in [3.05, 3.63) is 24.3 Å². The number of fused-ring (bicyclic) bond motifs is 1. The van der Waals surface area contributed by atoms with Crippen molar-refractivity contribution in [1.82, 2.24) is 25.0 Å². The molecule has 1 aliphatic heterocycles. The third-order valence-electron chi connectivity index (χ3n) is 2.59. The smallest absolute Gasteiger partial charge is 0.147 e. The first-order valence-electron chi connectivity index (χ1n) is 5.20. The normalized spacial score (nSPS) is 16.3. The fourth-order valence-electron chi connectivity index (χ4n) is 1.87. The fourth-order valence-corrected chi connectivity index (χ4v) is 1.87. The van der Waals surface area contributed by atoms with Crippen molar-refractivity contribution in [3.63, 3.8) is 0 Å². The maximum absolute atomic E-state index is 4.09. The second kappa shape index (κ2) is 4.55. The minimum absolute atomic E-state index is 0.878. The molecule has 0 atom stereocenters. The zero-order valence-corrected chi connectivity index (χ0v) is 9.11. The summed E-state index contributed by atoms with van der Waals surface area (Å²) in [7, 11) is 1.94. The molecule has 1 aromatic rings. The predicted octanol–water partition coefficient (Wildman–Crippen LogP) is -0.131. The van der Waals surface area contributed by atoms with Gasteiger partial charge in [0.15, 0.2) is 0 Å². The molecule has 5 heteroatoms. The molecule has 0 fully saturated rings. The van der Waals surface area contributed by atoms with E-state index < -0.39 is 0 Å². The zero-order chi connectivity index (χ0) is 10.7. The topological polar surface area (TPSA) is 46.0 Å². The van der Waals surface area contributed by atoms with Crippen LogP contribution in [0, 0.1) is 0 Å². The van der Waals surface area contributed by atoms with Crippen LogP contribution in [0.25, 0.3) is 0 Å². The number of likely N-dealkylation sites (N-methyl/N-ethyl adjacent to an activating group) is 1. The summed E-state index contributed by atoms with van der Waals surface area (Å²) in [5.74, 6) is 1.05.